The Morgan fingerprint density at radius 2 is 1.34 bits per heavy atom. The summed E-state index contributed by atoms with van der Waals surface area (Å²) in [6.45, 7) is 7.50. The Morgan fingerprint density at radius 1 is 0.759 bits per heavy atom. The minimum absolute atomic E-state index is 0.0159. The van der Waals surface area contributed by atoms with Gasteiger partial charge in [-0.15, -0.1) is 5.10 Å². The molecule has 0 radical (unpaired) electrons. The van der Waals surface area contributed by atoms with E-state index in [9.17, 15) is 9.18 Å². The molecule has 0 aliphatic carbocycles. The van der Waals surface area contributed by atoms with E-state index in [1.165, 1.54) is 18.2 Å². The van der Waals surface area contributed by atoms with Crippen LogP contribution < -0.4 is 5.32 Å². The van der Waals surface area contributed by atoms with Crippen LogP contribution in [0.25, 0.3) is 22.2 Å². The van der Waals surface area contributed by atoms with Crippen molar-refractivity contribution in [2.24, 2.45) is 11.3 Å². The van der Waals surface area contributed by atoms with E-state index in [1.807, 2.05) is 104 Å². The fourth-order valence-electron chi connectivity index (χ4n) is 8.08. The van der Waals surface area contributed by atoms with Crippen molar-refractivity contribution in [3.63, 3.8) is 0 Å². The topological polar surface area (TPSA) is 72.3 Å². The van der Waals surface area contributed by atoms with Crippen LogP contribution in [0.2, 0.25) is 0 Å². The maximum atomic E-state index is 15.8. The van der Waals surface area contributed by atoms with Crippen molar-refractivity contribution in [2.45, 2.75) is 52.0 Å². The number of nitrogens with one attached hydrogen (secondary N) is 1. The number of hydrogen-bond donors (Lipinski definition) is 1. The van der Waals surface area contributed by atoms with Crippen molar-refractivity contribution < 1.29 is 18.3 Å². The molecule has 1 aliphatic heterocycles. The zero-order valence-electron chi connectivity index (χ0n) is 33.0. The predicted octanol–water partition coefficient (Wildman–Crippen LogP) is 9.74. The molecule has 0 spiro atoms. The highest BCUT2D eigenvalue weighted by Crippen LogP contribution is 2.42. The molecule has 0 saturated carbocycles. The van der Waals surface area contributed by atoms with E-state index in [4.69, 9.17) is 15.0 Å². The molecule has 1 aromatic heterocycles. The number of rotatable bonds is 12. The number of hydrogen-bond acceptors (Lipinski definition) is 6. The van der Waals surface area contributed by atoms with E-state index in [0.717, 1.165) is 45.3 Å². The molecule has 1 fully saturated rings. The van der Waals surface area contributed by atoms with Crippen molar-refractivity contribution in [3.8, 4) is 11.1 Å². The van der Waals surface area contributed by atoms with Crippen molar-refractivity contribution in [3.05, 3.63) is 191 Å². The summed E-state index contributed by atoms with van der Waals surface area (Å²) in [6.07, 6.45) is 0.342. The van der Waals surface area contributed by atoms with Crippen LogP contribution in [-0.2, 0) is 28.2 Å². The highest BCUT2D eigenvalue weighted by atomic mass is 19.1. The number of benzene rings is 6. The molecule has 294 valence electrons. The van der Waals surface area contributed by atoms with Crippen LogP contribution in [0.1, 0.15) is 55.0 Å². The summed E-state index contributed by atoms with van der Waals surface area (Å²) in [5.41, 5.74) is 6.37. The van der Waals surface area contributed by atoms with E-state index in [-0.39, 0.29) is 23.5 Å². The molecule has 7 aromatic rings. The lowest BCUT2D eigenvalue weighted by Gasteiger charge is -2.36. The lowest BCUT2D eigenvalue weighted by atomic mass is 9.77. The van der Waals surface area contributed by atoms with Gasteiger partial charge >= 0.3 is 5.97 Å². The highest BCUT2D eigenvalue weighted by Gasteiger charge is 2.41. The lowest BCUT2D eigenvalue weighted by molar-refractivity contribution is -0.162. The first kappa shape index (κ1) is 38.8. The number of esters is 1. The Hall–Kier alpha value is -6.03. The van der Waals surface area contributed by atoms with E-state index in [0.29, 0.717) is 37.3 Å². The second-order valence-electron chi connectivity index (χ2n) is 16.2. The van der Waals surface area contributed by atoms with Crippen LogP contribution >= 0.6 is 0 Å². The number of carbonyl (C=O) groups excluding carboxylic acids is 1. The third-order valence-corrected chi connectivity index (χ3v) is 11.1. The number of carbonyl (C=O) groups is 1. The summed E-state index contributed by atoms with van der Waals surface area (Å²) in [5, 5.41) is 13.0. The molecular weight excluding hydrogens is 729 g/mol. The first-order chi connectivity index (χ1) is 28.1. The van der Waals surface area contributed by atoms with Gasteiger partial charge in [-0.3, -0.25) is 15.0 Å². The summed E-state index contributed by atoms with van der Waals surface area (Å²) in [5.74, 6) is -0.925. The number of nitrogens with zero attached hydrogens (tertiary/aromatic N) is 4. The molecule has 7 nitrogen and oxygen atoms in total. The minimum Gasteiger partial charge on any atom is -0.446 e. The van der Waals surface area contributed by atoms with Crippen molar-refractivity contribution in [2.75, 3.05) is 13.1 Å². The maximum absolute atomic E-state index is 15.8. The minimum atomic E-state index is -0.823. The van der Waals surface area contributed by atoms with Gasteiger partial charge in [0.05, 0.1) is 10.9 Å². The smallest absolute Gasteiger partial charge is 0.312 e. The van der Waals surface area contributed by atoms with Crippen molar-refractivity contribution in [1.29, 1.82) is 0 Å². The standard InChI is InChI=1S/C49H47F2N5O2/c1-48(2,3)47(57)58-46-37(27-28-52-46)32-55(31-34-19-23-42(50)24-20-34)33-38-29-35(21-25-43(38)51)36-22-26-45-44(30-36)53-54-56(45)49(39-13-7-4-8-14-39,40-15-9-5-10-16-40)41-17-11-6-12-18-41/h4-26,29-30,37,46,52H,27-28,31-33H2,1-3H3. The summed E-state index contributed by atoms with van der Waals surface area (Å²) in [7, 11) is 0. The van der Waals surface area contributed by atoms with Gasteiger partial charge in [0.15, 0.2) is 6.23 Å². The van der Waals surface area contributed by atoms with Crippen LogP contribution in [0.4, 0.5) is 8.78 Å². The van der Waals surface area contributed by atoms with Gasteiger partial charge in [-0.25, -0.2) is 13.5 Å². The first-order valence-electron chi connectivity index (χ1n) is 19.8. The molecule has 8 rings (SSSR count). The number of halogens is 2. The second kappa shape index (κ2) is 16.4. The largest absolute Gasteiger partial charge is 0.446 e. The molecule has 0 bridgehead atoms. The molecule has 9 heteroatoms. The SMILES string of the molecule is CC(C)(C)C(=O)OC1NCCC1CN(Cc1ccc(F)cc1)Cc1cc(-c2ccc3c(c2)nnn3C(c2ccccc2)(c2ccccc2)c2ccccc2)ccc1F. The molecule has 2 atom stereocenters. The second-order valence-corrected chi connectivity index (χ2v) is 16.2. The Kier molecular flexibility index (Phi) is 11.0. The zero-order valence-corrected chi connectivity index (χ0v) is 33.0. The van der Waals surface area contributed by atoms with E-state index in [2.05, 4.69) is 46.6 Å². The Morgan fingerprint density at radius 3 is 1.95 bits per heavy atom. The fourth-order valence-corrected chi connectivity index (χ4v) is 8.08. The van der Waals surface area contributed by atoms with Gasteiger partial charge in [0.2, 0.25) is 0 Å². The molecule has 1 saturated heterocycles. The monoisotopic (exact) mass is 775 g/mol. The molecule has 0 amide bonds. The first-order valence-corrected chi connectivity index (χ1v) is 19.8. The van der Waals surface area contributed by atoms with Crippen LogP contribution in [-0.4, -0.2) is 45.2 Å². The third-order valence-electron chi connectivity index (χ3n) is 11.1. The van der Waals surface area contributed by atoms with Gasteiger partial charge in [0.1, 0.15) is 22.7 Å². The number of ether oxygens (including phenoxy) is 1. The zero-order chi connectivity index (χ0) is 40.3. The quantitative estimate of drug-likeness (QED) is 0.0985. The van der Waals surface area contributed by atoms with Gasteiger partial charge in [0, 0.05) is 31.1 Å². The number of aromatic nitrogens is 3. The Labute approximate surface area is 338 Å². The van der Waals surface area contributed by atoms with Crippen LogP contribution in [0.15, 0.2) is 152 Å². The summed E-state index contributed by atoms with van der Waals surface area (Å²) < 4.78 is 37.6. The molecule has 2 heterocycles. The predicted molar refractivity (Wildman–Crippen MR) is 223 cm³/mol. The summed E-state index contributed by atoms with van der Waals surface area (Å²) >= 11 is 0. The summed E-state index contributed by atoms with van der Waals surface area (Å²) in [6, 6.07) is 48.8. The van der Waals surface area contributed by atoms with E-state index >= 15 is 4.39 Å². The van der Waals surface area contributed by atoms with Crippen LogP contribution in [0, 0.1) is 23.0 Å². The molecule has 2 unspecified atom stereocenters. The fraction of sp³-hybridized carbons (Fsp3) is 0.245. The van der Waals surface area contributed by atoms with Crippen LogP contribution in [0.3, 0.4) is 0 Å². The van der Waals surface area contributed by atoms with Gasteiger partial charge < -0.3 is 4.74 Å². The van der Waals surface area contributed by atoms with E-state index < -0.39 is 17.2 Å². The van der Waals surface area contributed by atoms with Gasteiger partial charge in [-0.2, -0.15) is 0 Å². The lowest BCUT2D eigenvalue weighted by Crippen LogP contribution is -2.41. The molecule has 58 heavy (non-hydrogen) atoms. The van der Waals surface area contributed by atoms with Crippen LogP contribution in [0.5, 0.6) is 0 Å². The van der Waals surface area contributed by atoms with Crippen molar-refractivity contribution in [1.82, 2.24) is 25.2 Å². The molecular formula is C49H47F2N5O2. The van der Waals surface area contributed by atoms with E-state index in [1.54, 1.807) is 18.2 Å². The highest BCUT2D eigenvalue weighted by molar-refractivity contribution is 5.82. The van der Waals surface area contributed by atoms with Gasteiger partial charge in [0.25, 0.3) is 0 Å². The molecule has 1 N–H and O–H groups in total. The number of fused-ring (bicyclic) bond motifs is 1. The van der Waals surface area contributed by atoms with Gasteiger partial charge in [-0.1, -0.05) is 120 Å². The van der Waals surface area contributed by atoms with Crippen molar-refractivity contribution >= 4 is 17.0 Å². The normalized spacial score (nSPS) is 15.9. The molecule has 6 aromatic carbocycles. The Balaban J connectivity index is 1.14. The molecule has 1 aliphatic rings. The average Bonchev–Trinajstić information content (AvgIpc) is 3.87. The Bertz CT molecular complexity index is 2390. The average molecular weight is 776 g/mol. The van der Waals surface area contributed by atoms with Gasteiger partial charge in [-0.05, 0) is 104 Å². The maximum Gasteiger partial charge on any atom is 0.312 e. The third kappa shape index (κ3) is 7.92. The summed E-state index contributed by atoms with van der Waals surface area (Å²) in [4.78, 5) is 15.0.